The van der Waals surface area contributed by atoms with Crippen molar-refractivity contribution in [2.24, 2.45) is 5.92 Å². The van der Waals surface area contributed by atoms with E-state index in [2.05, 4.69) is 19.2 Å². The van der Waals surface area contributed by atoms with Gasteiger partial charge in [0.1, 0.15) is 5.75 Å². The van der Waals surface area contributed by atoms with Gasteiger partial charge in [-0.1, -0.05) is 38.1 Å². The summed E-state index contributed by atoms with van der Waals surface area (Å²) in [5.41, 5.74) is 2.09. The van der Waals surface area contributed by atoms with E-state index in [1.165, 1.54) is 23.9 Å². The van der Waals surface area contributed by atoms with Crippen LogP contribution in [0.2, 0.25) is 0 Å². The second-order valence-electron chi connectivity index (χ2n) is 6.94. The summed E-state index contributed by atoms with van der Waals surface area (Å²) in [6.07, 6.45) is 0.852. The van der Waals surface area contributed by atoms with Crippen molar-refractivity contribution in [1.82, 2.24) is 5.32 Å². The third-order valence-corrected chi connectivity index (χ3v) is 5.21. The molecule has 0 aliphatic carbocycles. The Kier molecular flexibility index (Phi) is 8.32. The monoisotopic (exact) mass is 402 g/mol. The Morgan fingerprint density at radius 3 is 2.32 bits per heavy atom. The summed E-state index contributed by atoms with van der Waals surface area (Å²) in [5, 5.41) is 13.8. The molecule has 0 aliphatic heterocycles. The number of ether oxygens (including phenoxy) is 1. The van der Waals surface area contributed by atoms with Gasteiger partial charge in [-0.3, -0.25) is 14.9 Å². The SMILES string of the molecule is COc1ccc([C@@H](CC(C)C)NC(=O)CSCc2ccc([N+](=O)[O-])cc2)cc1. The third kappa shape index (κ3) is 6.88. The normalized spacial score (nSPS) is 11.9. The number of nitrogens with zero attached hydrogens (tertiary/aromatic N) is 1. The predicted molar refractivity (Wildman–Crippen MR) is 113 cm³/mol. The second-order valence-corrected chi connectivity index (χ2v) is 7.92. The number of non-ortho nitro benzene ring substituents is 1. The molecule has 2 rings (SSSR count). The van der Waals surface area contributed by atoms with Crippen LogP contribution in [0.5, 0.6) is 5.75 Å². The first-order chi connectivity index (χ1) is 13.4. The van der Waals surface area contributed by atoms with Crippen LogP contribution in [0.4, 0.5) is 5.69 Å². The van der Waals surface area contributed by atoms with Crippen LogP contribution in [0.1, 0.15) is 37.4 Å². The first kappa shape index (κ1) is 21.8. The zero-order chi connectivity index (χ0) is 20.5. The molecule has 0 unspecified atom stereocenters. The van der Waals surface area contributed by atoms with Crippen LogP contribution in [0.3, 0.4) is 0 Å². The topological polar surface area (TPSA) is 81.5 Å². The Balaban J connectivity index is 1.89. The van der Waals surface area contributed by atoms with Crippen molar-refractivity contribution in [3.8, 4) is 5.75 Å². The zero-order valence-corrected chi connectivity index (χ0v) is 17.2. The summed E-state index contributed by atoms with van der Waals surface area (Å²) in [6, 6.07) is 14.1. The maximum atomic E-state index is 12.4. The number of nitro groups is 1. The van der Waals surface area contributed by atoms with Crippen LogP contribution in [0, 0.1) is 16.0 Å². The van der Waals surface area contributed by atoms with Crippen LogP contribution in [-0.2, 0) is 10.5 Å². The third-order valence-electron chi connectivity index (χ3n) is 4.21. The van der Waals surface area contributed by atoms with Gasteiger partial charge in [0, 0.05) is 17.9 Å². The van der Waals surface area contributed by atoms with Crippen molar-refractivity contribution in [3.63, 3.8) is 0 Å². The van der Waals surface area contributed by atoms with Crippen molar-refractivity contribution in [3.05, 3.63) is 69.8 Å². The lowest BCUT2D eigenvalue weighted by molar-refractivity contribution is -0.384. The fourth-order valence-corrected chi connectivity index (χ4v) is 3.60. The van der Waals surface area contributed by atoms with E-state index in [1.807, 2.05) is 24.3 Å². The number of amides is 1. The fraction of sp³-hybridized carbons (Fsp3) is 0.381. The molecule has 7 heteroatoms. The molecule has 0 radical (unpaired) electrons. The van der Waals surface area contributed by atoms with Crippen molar-refractivity contribution in [2.45, 2.75) is 32.1 Å². The number of thioether (sulfide) groups is 1. The van der Waals surface area contributed by atoms with Crippen molar-refractivity contribution in [1.29, 1.82) is 0 Å². The minimum Gasteiger partial charge on any atom is -0.497 e. The molecule has 0 aromatic heterocycles. The fourth-order valence-electron chi connectivity index (χ4n) is 2.80. The van der Waals surface area contributed by atoms with Crippen molar-refractivity contribution < 1.29 is 14.5 Å². The largest absolute Gasteiger partial charge is 0.497 e. The first-order valence-electron chi connectivity index (χ1n) is 9.13. The van der Waals surface area contributed by atoms with Gasteiger partial charge in [-0.25, -0.2) is 0 Å². The molecule has 1 amide bonds. The molecule has 28 heavy (non-hydrogen) atoms. The molecule has 1 atom stereocenters. The molecule has 2 aromatic carbocycles. The van der Waals surface area contributed by atoms with E-state index in [0.29, 0.717) is 17.4 Å². The Labute approximate surface area is 169 Å². The molecule has 0 bridgehead atoms. The number of rotatable bonds is 10. The number of carbonyl (C=O) groups is 1. The maximum Gasteiger partial charge on any atom is 0.269 e. The van der Waals surface area contributed by atoms with Gasteiger partial charge < -0.3 is 10.1 Å². The highest BCUT2D eigenvalue weighted by Gasteiger charge is 2.16. The van der Waals surface area contributed by atoms with Gasteiger partial charge in [0.2, 0.25) is 5.91 Å². The van der Waals surface area contributed by atoms with Gasteiger partial charge in [-0.15, -0.1) is 11.8 Å². The lowest BCUT2D eigenvalue weighted by atomic mass is 9.97. The van der Waals surface area contributed by atoms with Gasteiger partial charge in [0.25, 0.3) is 5.69 Å². The highest BCUT2D eigenvalue weighted by molar-refractivity contribution is 7.99. The molecule has 0 saturated carbocycles. The highest BCUT2D eigenvalue weighted by atomic mass is 32.2. The molecule has 6 nitrogen and oxygen atoms in total. The first-order valence-corrected chi connectivity index (χ1v) is 10.3. The number of nitro benzene ring substituents is 1. The van der Waals surface area contributed by atoms with E-state index in [-0.39, 0.29) is 17.6 Å². The van der Waals surface area contributed by atoms with Gasteiger partial charge in [0.15, 0.2) is 0 Å². The number of hydrogen-bond acceptors (Lipinski definition) is 5. The molecule has 0 heterocycles. The molecular weight excluding hydrogens is 376 g/mol. The Morgan fingerprint density at radius 1 is 1.14 bits per heavy atom. The molecule has 0 spiro atoms. The standard InChI is InChI=1S/C21H26N2O4S/c1-15(2)12-20(17-6-10-19(27-3)11-7-17)22-21(24)14-28-13-16-4-8-18(9-5-16)23(25)26/h4-11,15,20H,12-14H2,1-3H3,(H,22,24)/t20-/m1/s1. The second kappa shape index (κ2) is 10.7. The Hall–Kier alpha value is -2.54. The molecular formula is C21H26N2O4S. The summed E-state index contributed by atoms with van der Waals surface area (Å²) in [5.74, 6) is 2.18. The highest BCUT2D eigenvalue weighted by Crippen LogP contribution is 2.24. The quantitative estimate of drug-likeness (QED) is 0.458. The minimum absolute atomic E-state index is 0.0200. The lowest BCUT2D eigenvalue weighted by Gasteiger charge is -2.21. The number of methoxy groups -OCH3 is 1. The van der Waals surface area contributed by atoms with E-state index in [0.717, 1.165) is 23.3 Å². The van der Waals surface area contributed by atoms with Gasteiger partial charge in [0.05, 0.1) is 23.8 Å². The number of benzene rings is 2. The van der Waals surface area contributed by atoms with E-state index in [1.54, 1.807) is 19.2 Å². The average molecular weight is 403 g/mol. The predicted octanol–water partition coefficient (Wildman–Crippen LogP) is 4.74. The molecule has 0 saturated heterocycles. The summed E-state index contributed by atoms with van der Waals surface area (Å²) in [7, 11) is 1.63. The van der Waals surface area contributed by atoms with Gasteiger partial charge >= 0.3 is 0 Å². The molecule has 2 aromatic rings. The molecule has 1 N–H and O–H groups in total. The summed E-state index contributed by atoms with van der Waals surface area (Å²) in [4.78, 5) is 22.7. The average Bonchev–Trinajstić information content (AvgIpc) is 2.67. The smallest absolute Gasteiger partial charge is 0.269 e. The van der Waals surface area contributed by atoms with Crippen LogP contribution in [-0.4, -0.2) is 23.7 Å². The van der Waals surface area contributed by atoms with Crippen LogP contribution < -0.4 is 10.1 Å². The molecule has 0 fully saturated rings. The van der Waals surface area contributed by atoms with Crippen molar-refractivity contribution >= 4 is 23.4 Å². The number of carbonyl (C=O) groups excluding carboxylic acids is 1. The zero-order valence-electron chi connectivity index (χ0n) is 16.4. The summed E-state index contributed by atoms with van der Waals surface area (Å²) < 4.78 is 5.20. The van der Waals surface area contributed by atoms with Crippen LogP contribution in [0.25, 0.3) is 0 Å². The summed E-state index contributed by atoms with van der Waals surface area (Å²) in [6.45, 7) is 4.26. The summed E-state index contributed by atoms with van der Waals surface area (Å²) >= 11 is 1.49. The molecule has 0 aliphatic rings. The Bertz CT molecular complexity index is 776. The maximum absolute atomic E-state index is 12.4. The minimum atomic E-state index is -0.418. The number of hydrogen-bond donors (Lipinski definition) is 1. The van der Waals surface area contributed by atoms with Gasteiger partial charge in [-0.2, -0.15) is 0 Å². The Morgan fingerprint density at radius 2 is 1.79 bits per heavy atom. The van der Waals surface area contributed by atoms with E-state index in [4.69, 9.17) is 4.74 Å². The van der Waals surface area contributed by atoms with Gasteiger partial charge in [-0.05, 0) is 35.6 Å². The van der Waals surface area contributed by atoms with Crippen LogP contribution >= 0.6 is 11.8 Å². The molecule has 150 valence electrons. The van der Waals surface area contributed by atoms with E-state index in [9.17, 15) is 14.9 Å². The van der Waals surface area contributed by atoms with Crippen LogP contribution in [0.15, 0.2) is 48.5 Å². The lowest BCUT2D eigenvalue weighted by Crippen LogP contribution is -2.30. The van der Waals surface area contributed by atoms with E-state index < -0.39 is 4.92 Å². The van der Waals surface area contributed by atoms with E-state index >= 15 is 0 Å². The van der Waals surface area contributed by atoms with Crippen molar-refractivity contribution in [2.75, 3.05) is 12.9 Å². The number of nitrogens with one attached hydrogen (secondary N) is 1.